The second-order valence-electron chi connectivity index (χ2n) is 10.5. The molecule has 0 saturated carbocycles. The van der Waals surface area contributed by atoms with E-state index in [-0.39, 0.29) is 12.2 Å². The molecule has 0 bridgehead atoms. The molecular weight excluding hydrogens is 562 g/mol. The van der Waals surface area contributed by atoms with E-state index in [0.29, 0.717) is 29.9 Å². The second-order valence-corrected chi connectivity index (χ2v) is 10.5. The Morgan fingerprint density at radius 2 is 1.52 bits per heavy atom. The molecule has 0 spiro atoms. The molecule has 0 aliphatic rings. The average molecular weight is 625 g/mol. The number of benzene rings is 1. The predicted molar refractivity (Wildman–Crippen MR) is 183 cm³/mol. The van der Waals surface area contributed by atoms with Crippen molar-refractivity contribution >= 4 is 18.0 Å². The first-order chi connectivity index (χ1) is 20.7. The average Bonchev–Trinajstić information content (AvgIpc) is 3.50. The lowest BCUT2D eigenvalue weighted by Crippen LogP contribution is -2.23. The van der Waals surface area contributed by atoms with E-state index < -0.39 is 30.0 Å². The first-order valence-corrected chi connectivity index (χ1v) is 15.6. The summed E-state index contributed by atoms with van der Waals surface area (Å²) in [4.78, 5) is 31.6. The van der Waals surface area contributed by atoms with Crippen molar-refractivity contribution < 1.29 is 27.6 Å². The minimum Gasteiger partial charge on any atom is -0.453 e. The van der Waals surface area contributed by atoms with E-state index in [1.807, 2.05) is 26.8 Å². The molecule has 1 amide bonds. The zero-order valence-corrected chi connectivity index (χ0v) is 29.4. The van der Waals surface area contributed by atoms with Crippen LogP contribution in [0, 0.1) is 11.8 Å². The van der Waals surface area contributed by atoms with E-state index in [9.17, 15) is 23.2 Å². The Hall–Kier alpha value is -3.13. The monoisotopic (exact) mass is 624 g/mol. The summed E-state index contributed by atoms with van der Waals surface area (Å²) in [6, 6.07) is 10.3. The minimum atomic E-state index is -1.39. The number of carbonyl (C=O) groups excluding carboxylic acids is 3. The summed E-state index contributed by atoms with van der Waals surface area (Å²) in [5.74, 6) is -0.129. The summed E-state index contributed by atoms with van der Waals surface area (Å²) in [6.45, 7) is 22.3. The maximum Gasteiger partial charge on any atom is 0.218 e. The molecule has 2 aromatic rings. The summed E-state index contributed by atoms with van der Waals surface area (Å²) in [6.07, 6.45) is 6.60. The van der Waals surface area contributed by atoms with E-state index in [0.717, 1.165) is 5.56 Å². The first kappa shape index (κ1) is 47.8. The van der Waals surface area contributed by atoms with Gasteiger partial charge in [0.2, 0.25) is 5.91 Å². The molecule has 1 heterocycles. The number of amides is 1. The van der Waals surface area contributed by atoms with E-state index in [4.69, 9.17) is 10.2 Å². The molecule has 1 atom stereocenters. The zero-order chi connectivity index (χ0) is 35.3. The molecule has 254 valence electrons. The third-order valence-electron chi connectivity index (χ3n) is 6.05. The fraction of sp³-hybridized carbons (Fsp3) is 0.583. The first-order valence-electron chi connectivity index (χ1n) is 15.6. The van der Waals surface area contributed by atoms with Crippen molar-refractivity contribution in [2.45, 2.75) is 113 Å². The molecule has 44 heavy (non-hydrogen) atoms. The molecule has 0 radical (unpaired) electrons. The number of halogens is 2. The molecule has 8 heteroatoms. The van der Waals surface area contributed by atoms with Gasteiger partial charge in [0.1, 0.15) is 18.1 Å². The molecule has 2 rings (SSSR count). The third kappa shape index (κ3) is 25.4. The number of unbranched alkanes of at least 4 members (excludes halogenated alkanes) is 3. The van der Waals surface area contributed by atoms with Crippen LogP contribution in [0.15, 0.2) is 53.0 Å². The van der Waals surface area contributed by atoms with E-state index in [1.165, 1.54) is 52.2 Å². The van der Waals surface area contributed by atoms with Crippen molar-refractivity contribution in [3.05, 3.63) is 59.9 Å². The third-order valence-corrected chi connectivity index (χ3v) is 6.05. The van der Waals surface area contributed by atoms with Gasteiger partial charge in [-0.1, -0.05) is 105 Å². The standard InChI is InChI=1S/C14H13FO2.C7H12FNO2.C6H12.C6H14.C2H6.CH5N/c1-14(2,15)11-5-3-4-10(8-11)13-7-6-12(9-16)17-13;1-2-5(3-7(9)11)6(10)4-8;1-5(2)6(3)4;1-3-5-6-4-2;2*1-2/h3-9H,1-2H3;5H,2-4H2,1H3,(H2,9,11);6H,1H2,2-4H3;3-6H2,1-2H3;1-2H3;2H2,1H3. The number of aldehydes is 1. The Morgan fingerprint density at radius 3 is 1.84 bits per heavy atom. The van der Waals surface area contributed by atoms with Crippen molar-refractivity contribution in [1.29, 1.82) is 0 Å². The van der Waals surface area contributed by atoms with Crippen LogP contribution in [0.3, 0.4) is 0 Å². The molecule has 4 N–H and O–H groups in total. The molecule has 6 nitrogen and oxygen atoms in total. The van der Waals surface area contributed by atoms with E-state index in [2.05, 4.69) is 40.0 Å². The van der Waals surface area contributed by atoms with Crippen LogP contribution in [-0.2, 0) is 15.3 Å². The van der Waals surface area contributed by atoms with E-state index >= 15 is 0 Å². The number of rotatable bonds is 12. The van der Waals surface area contributed by atoms with Gasteiger partial charge >= 0.3 is 0 Å². The summed E-state index contributed by atoms with van der Waals surface area (Å²) >= 11 is 0. The van der Waals surface area contributed by atoms with Crippen LogP contribution in [0.1, 0.15) is 124 Å². The molecule has 0 fully saturated rings. The Bertz CT molecular complexity index is 1010. The molecule has 1 unspecified atom stereocenters. The summed E-state index contributed by atoms with van der Waals surface area (Å²) in [7, 11) is 1.50. The number of furan rings is 1. The van der Waals surface area contributed by atoms with Crippen molar-refractivity contribution in [1.82, 2.24) is 0 Å². The van der Waals surface area contributed by atoms with Gasteiger partial charge in [0.25, 0.3) is 0 Å². The van der Waals surface area contributed by atoms with Gasteiger partial charge in [-0.3, -0.25) is 14.4 Å². The van der Waals surface area contributed by atoms with Gasteiger partial charge in [-0.15, -0.1) is 0 Å². The van der Waals surface area contributed by atoms with Crippen molar-refractivity contribution in [3.63, 3.8) is 0 Å². The van der Waals surface area contributed by atoms with Crippen molar-refractivity contribution in [2.75, 3.05) is 13.7 Å². The van der Waals surface area contributed by atoms with Gasteiger partial charge in [-0.05, 0) is 63.9 Å². The number of alkyl halides is 2. The van der Waals surface area contributed by atoms with Crippen LogP contribution in [0.25, 0.3) is 11.3 Å². The largest absolute Gasteiger partial charge is 0.453 e. The maximum absolute atomic E-state index is 13.8. The SMILES string of the molecule is C=C(C)C(C)C.CC.CC(C)(F)c1cccc(-c2ccc(C=O)o2)c1.CCC(CC(N)=O)C(=O)CF.CCCCCC.CN. The highest BCUT2D eigenvalue weighted by Crippen LogP contribution is 2.29. The number of carbonyl (C=O) groups is 3. The highest BCUT2D eigenvalue weighted by molar-refractivity contribution is 5.87. The van der Waals surface area contributed by atoms with Gasteiger partial charge < -0.3 is 15.9 Å². The molecule has 0 aliphatic heterocycles. The van der Waals surface area contributed by atoms with Gasteiger partial charge in [-0.2, -0.15) is 0 Å². The highest BCUT2D eigenvalue weighted by Gasteiger charge is 2.19. The Balaban J connectivity index is -0.000000256. The van der Waals surface area contributed by atoms with Crippen LogP contribution >= 0.6 is 0 Å². The molecule has 0 aliphatic carbocycles. The second kappa shape index (κ2) is 29.9. The highest BCUT2D eigenvalue weighted by atomic mass is 19.1. The summed E-state index contributed by atoms with van der Waals surface area (Å²) in [5.41, 5.74) is 10.6. The molecular formula is C36H62F2N2O4. The Labute approximate surface area is 267 Å². The summed E-state index contributed by atoms with van der Waals surface area (Å²) in [5, 5.41) is 0. The molecule has 1 aromatic heterocycles. The number of allylic oxidation sites excluding steroid dienone is 1. The van der Waals surface area contributed by atoms with Crippen molar-refractivity contribution in [3.8, 4) is 11.3 Å². The Kier molecular flexibility index (Phi) is 32.5. The lowest BCUT2D eigenvalue weighted by Gasteiger charge is -2.15. The fourth-order valence-electron chi connectivity index (χ4n) is 2.95. The Morgan fingerprint density at radius 1 is 1.02 bits per heavy atom. The lowest BCUT2D eigenvalue weighted by molar-refractivity contribution is -0.128. The normalized spacial score (nSPS) is 10.3. The van der Waals surface area contributed by atoms with Crippen LogP contribution in [0.4, 0.5) is 8.78 Å². The lowest BCUT2D eigenvalue weighted by atomic mass is 9.97. The van der Waals surface area contributed by atoms with Crippen LogP contribution < -0.4 is 11.5 Å². The van der Waals surface area contributed by atoms with Crippen molar-refractivity contribution in [2.24, 2.45) is 23.3 Å². The number of ketones is 1. The van der Waals surface area contributed by atoms with Gasteiger partial charge in [0.15, 0.2) is 17.8 Å². The topological polar surface area (TPSA) is 116 Å². The number of nitrogens with two attached hydrogens (primary N) is 2. The van der Waals surface area contributed by atoms with Gasteiger partial charge in [0, 0.05) is 17.9 Å². The number of hydrogen-bond acceptors (Lipinski definition) is 5. The predicted octanol–water partition coefficient (Wildman–Crippen LogP) is 9.80. The van der Waals surface area contributed by atoms with Crippen LogP contribution in [0.2, 0.25) is 0 Å². The fourth-order valence-corrected chi connectivity index (χ4v) is 2.95. The molecule has 1 aromatic carbocycles. The maximum atomic E-state index is 13.8. The number of hydrogen-bond donors (Lipinski definition) is 2. The van der Waals surface area contributed by atoms with Crippen LogP contribution in [-0.4, -0.2) is 31.7 Å². The number of primary amides is 1. The zero-order valence-electron chi connectivity index (χ0n) is 29.4. The van der Waals surface area contributed by atoms with Gasteiger partial charge in [-0.25, -0.2) is 8.78 Å². The minimum absolute atomic E-state index is 0.0424. The quantitative estimate of drug-likeness (QED) is 0.138. The number of Topliss-reactive ketones (excluding diaryl/α,β-unsaturated/α-hetero) is 1. The van der Waals surface area contributed by atoms with Gasteiger partial charge in [0.05, 0.1) is 0 Å². The molecule has 0 saturated heterocycles. The smallest absolute Gasteiger partial charge is 0.218 e. The van der Waals surface area contributed by atoms with E-state index in [1.54, 1.807) is 37.3 Å². The summed E-state index contributed by atoms with van der Waals surface area (Å²) < 4.78 is 30.9. The van der Waals surface area contributed by atoms with Crippen LogP contribution in [0.5, 0.6) is 0 Å².